The third-order valence-corrected chi connectivity index (χ3v) is 6.15. The van der Waals surface area contributed by atoms with Crippen molar-refractivity contribution in [2.45, 2.75) is 37.8 Å². The number of hydrogen-bond acceptors (Lipinski definition) is 8. The van der Waals surface area contributed by atoms with Crippen molar-refractivity contribution in [2.24, 2.45) is 0 Å². The molecule has 0 spiro atoms. The number of allylic oxidation sites excluding steroid dienone is 1. The minimum absolute atomic E-state index is 0.131. The van der Waals surface area contributed by atoms with E-state index in [1.807, 2.05) is 0 Å². The zero-order valence-corrected chi connectivity index (χ0v) is 18.7. The van der Waals surface area contributed by atoms with Crippen LogP contribution in [0.2, 0.25) is 0 Å². The Morgan fingerprint density at radius 1 is 1.28 bits per heavy atom. The lowest BCUT2D eigenvalue weighted by Gasteiger charge is -2.33. The molecule has 170 valence electrons. The van der Waals surface area contributed by atoms with E-state index in [1.165, 1.54) is 17.3 Å². The molecule has 4 rings (SSSR count). The molecule has 0 saturated carbocycles. The molecule has 1 aromatic carbocycles. The Hall–Kier alpha value is -2.81. The predicted molar refractivity (Wildman–Crippen MR) is 127 cm³/mol. The fourth-order valence-corrected chi connectivity index (χ4v) is 4.39. The lowest BCUT2D eigenvalue weighted by molar-refractivity contribution is 0.0144. The molecule has 1 aromatic heterocycles. The Balaban J connectivity index is 1.74. The minimum Gasteiger partial charge on any atom is -0.393 e. The van der Waals surface area contributed by atoms with Gasteiger partial charge in [-0.15, -0.1) is 0 Å². The Morgan fingerprint density at radius 2 is 2.09 bits per heavy atom. The van der Waals surface area contributed by atoms with Crippen LogP contribution in [0.3, 0.4) is 0 Å². The second kappa shape index (κ2) is 10.2. The zero-order valence-electron chi connectivity index (χ0n) is 18.7. The van der Waals surface area contributed by atoms with E-state index >= 15 is 0 Å². The van der Waals surface area contributed by atoms with Crippen molar-refractivity contribution in [3.05, 3.63) is 47.4 Å². The predicted octanol–water partition coefficient (Wildman–Crippen LogP) is 2.88. The molecule has 0 amide bonds. The summed E-state index contributed by atoms with van der Waals surface area (Å²) in [6.45, 7) is 5.15. The van der Waals surface area contributed by atoms with Gasteiger partial charge in [0.2, 0.25) is 0 Å². The van der Waals surface area contributed by atoms with E-state index in [-0.39, 0.29) is 12.1 Å². The molecule has 8 nitrogen and oxygen atoms in total. The second-order valence-electron chi connectivity index (χ2n) is 8.36. The summed E-state index contributed by atoms with van der Waals surface area (Å²) in [5, 5.41) is 14.3. The first-order valence-electron chi connectivity index (χ1n) is 11.2. The first-order chi connectivity index (χ1) is 15.6. The number of nitrogen functional groups attached to an aromatic ring is 1. The molecule has 2 saturated heterocycles. The van der Waals surface area contributed by atoms with E-state index in [4.69, 9.17) is 25.6 Å². The first kappa shape index (κ1) is 22.4. The van der Waals surface area contributed by atoms with Gasteiger partial charge in [0.15, 0.2) is 0 Å². The molecule has 5 N–H and O–H groups in total. The second-order valence-corrected chi connectivity index (χ2v) is 8.36. The van der Waals surface area contributed by atoms with Gasteiger partial charge >= 0.3 is 0 Å². The number of morpholine rings is 1. The highest BCUT2D eigenvalue weighted by molar-refractivity contribution is 6.09. The number of hydrogen-bond donors (Lipinski definition) is 4. The SMILES string of the molecule is CN/C=C(\C=N)c1nc(-c2ccc(C3CCOCC3)c([C@@H]3CO[C@@H](C)CN3)c2)cnc1N. The monoisotopic (exact) mass is 436 g/mol. The fraction of sp³-hybridized carbons (Fsp3) is 0.458. The molecule has 2 fully saturated rings. The molecular formula is C24H32N6O2. The van der Waals surface area contributed by atoms with Crippen LogP contribution in [-0.2, 0) is 9.47 Å². The van der Waals surface area contributed by atoms with Gasteiger partial charge in [-0.3, -0.25) is 0 Å². The van der Waals surface area contributed by atoms with Crippen molar-refractivity contribution in [1.29, 1.82) is 5.41 Å². The maximum Gasteiger partial charge on any atom is 0.150 e. The smallest absolute Gasteiger partial charge is 0.150 e. The maximum atomic E-state index is 7.71. The zero-order chi connectivity index (χ0) is 22.5. The summed E-state index contributed by atoms with van der Waals surface area (Å²) in [5.74, 6) is 0.777. The number of aromatic nitrogens is 2. The molecule has 8 heteroatoms. The van der Waals surface area contributed by atoms with Gasteiger partial charge in [-0.1, -0.05) is 12.1 Å². The van der Waals surface area contributed by atoms with Gasteiger partial charge in [0.05, 0.1) is 30.6 Å². The third-order valence-electron chi connectivity index (χ3n) is 6.15. The van der Waals surface area contributed by atoms with Crippen LogP contribution >= 0.6 is 0 Å². The summed E-state index contributed by atoms with van der Waals surface area (Å²) < 4.78 is 11.6. The van der Waals surface area contributed by atoms with Crippen molar-refractivity contribution < 1.29 is 9.47 Å². The highest BCUT2D eigenvalue weighted by atomic mass is 16.5. The van der Waals surface area contributed by atoms with E-state index < -0.39 is 0 Å². The summed E-state index contributed by atoms with van der Waals surface area (Å²) in [6, 6.07) is 6.67. The van der Waals surface area contributed by atoms with Crippen LogP contribution in [0.15, 0.2) is 30.6 Å². The summed E-state index contributed by atoms with van der Waals surface area (Å²) in [7, 11) is 1.78. The number of nitrogens with two attached hydrogens (primary N) is 1. The van der Waals surface area contributed by atoms with Crippen LogP contribution in [-0.4, -0.2) is 55.7 Å². The quantitative estimate of drug-likeness (QED) is 0.514. The summed E-state index contributed by atoms with van der Waals surface area (Å²) in [6.07, 6.45) is 6.88. The molecule has 0 bridgehead atoms. The molecule has 2 aliphatic rings. The lowest BCUT2D eigenvalue weighted by atomic mass is 9.84. The van der Waals surface area contributed by atoms with E-state index in [0.29, 0.717) is 29.6 Å². The maximum absolute atomic E-state index is 7.71. The Morgan fingerprint density at radius 3 is 2.78 bits per heavy atom. The van der Waals surface area contributed by atoms with Crippen LogP contribution in [0.25, 0.3) is 16.8 Å². The van der Waals surface area contributed by atoms with E-state index in [9.17, 15) is 0 Å². The number of rotatable bonds is 6. The summed E-state index contributed by atoms with van der Waals surface area (Å²) in [5.41, 5.74) is 11.4. The molecule has 2 atom stereocenters. The van der Waals surface area contributed by atoms with Gasteiger partial charge in [0.25, 0.3) is 0 Å². The molecule has 32 heavy (non-hydrogen) atoms. The van der Waals surface area contributed by atoms with Crippen molar-refractivity contribution in [3.63, 3.8) is 0 Å². The molecule has 0 unspecified atom stereocenters. The number of anilines is 1. The molecule has 3 heterocycles. The van der Waals surface area contributed by atoms with Crippen LogP contribution in [0.4, 0.5) is 5.82 Å². The van der Waals surface area contributed by atoms with Gasteiger partial charge < -0.3 is 31.3 Å². The standard InChI is InChI=1S/C24H32N6O2/c1-15-11-28-22(14-32-15)20-9-17(3-4-19(20)16-5-7-31-8-6-16)21-13-29-24(26)23(30-21)18(10-25)12-27-2/h3-4,9-10,12-13,15-16,22,25,27-28H,5-8,11,14H2,1-2H3,(H2,26,29)/b18-12+,25-10?/t15-,22-/m0/s1. The number of nitrogens with zero attached hydrogens (tertiary/aromatic N) is 2. The fourth-order valence-electron chi connectivity index (χ4n) is 4.39. The van der Waals surface area contributed by atoms with Gasteiger partial charge in [-0.2, -0.15) is 0 Å². The Bertz CT molecular complexity index is 978. The Kier molecular flexibility index (Phi) is 7.14. The van der Waals surface area contributed by atoms with Crippen molar-refractivity contribution >= 4 is 17.6 Å². The Labute approximate surface area is 189 Å². The number of nitrogens with one attached hydrogen (secondary N) is 3. The van der Waals surface area contributed by atoms with Gasteiger partial charge in [-0.25, -0.2) is 9.97 Å². The topological polar surface area (TPSA) is 118 Å². The minimum atomic E-state index is 0.131. The van der Waals surface area contributed by atoms with Crippen LogP contribution in [0.5, 0.6) is 0 Å². The summed E-state index contributed by atoms with van der Waals surface area (Å²) >= 11 is 0. The van der Waals surface area contributed by atoms with Crippen molar-refractivity contribution in [2.75, 3.05) is 39.1 Å². The average Bonchev–Trinajstić information content (AvgIpc) is 2.84. The summed E-state index contributed by atoms with van der Waals surface area (Å²) in [4.78, 5) is 9.11. The van der Waals surface area contributed by atoms with Gasteiger partial charge in [0, 0.05) is 50.4 Å². The average molecular weight is 437 g/mol. The van der Waals surface area contributed by atoms with E-state index in [0.717, 1.165) is 43.9 Å². The van der Waals surface area contributed by atoms with Crippen molar-refractivity contribution in [1.82, 2.24) is 20.6 Å². The number of ether oxygens (including phenoxy) is 2. The van der Waals surface area contributed by atoms with Crippen molar-refractivity contribution in [3.8, 4) is 11.3 Å². The highest BCUT2D eigenvalue weighted by Crippen LogP contribution is 2.36. The van der Waals surface area contributed by atoms with Crippen LogP contribution in [0.1, 0.15) is 48.5 Å². The van der Waals surface area contributed by atoms with Crippen LogP contribution in [0, 0.1) is 5.41 Å². The highest BCUT2D eigenvalue weighted by Gasteiger charge is 2.26. The normalized spacial score (nSPS) is 22.5. The molecule has 0 aliphatic carbocycles. The van der Waals surface area contributed by atoms with E-state index in [1.54, 1.807) is 19.4 Å². The largest absolute Gasteiger partial charge is 0.393 e. The third kappa shape index (κ3) is 4.82. The lowest BCUT2D eigenvalue weighted by Crippen LogP contribution is -2.40. The molecule has 2 aliphatic heterocycles. The first-order valence-corrected chi connectivity index (χ1v) is 11.2. The number of benzene rings is 1. The van der Waals surface area contributed by atoms with Crippen LogP contribution < -0.4 is 16.4 Å². The van der Waals surface area contributed by atoms with E-state index in [2.05, 4.69) is 40.7 Å². The molecule has 2 aromatic rings. The molecular weight excluding hydrogens is 404 g/mol. The van der Waals surface area contributed by atoms with Gasteiger partial charge in [0.1, 0.15) is 11.5 Å². The van der Waals surface area contributed by atoms with Gasteiger partial charge in [-0.05, 0) is 42.9 Å². The molecule has 0 radical (unpaired) electrons.